The molecule has 0 spiro atoms. The molecule has 1 atom stereocenters. The standard InChI is InChI=1S/C14H25NO2.ClH/c1-4-7-13(8-5-2)9-6-10-15-11-12(3)14(16)17;/h4-5,12-13,15H,1-2,6-11H2,3H3,(H,16,17);1H. The average molecular weight is 276 g/mol. The van der Waals surface area contributed by atoms with Gasteiger partial charge in [-0.25, -0.2) is 0 Å². The van der Waals surface area contributed by atoms with Gasteiger partial charge in [-0.15, -0.1) is 13.2 Å². The Morgan fingerprint density at radius 2 is 1.89 bits per heavy atom. The van der Waals surface area contributed by atoms with Crippen LogP contribution in [0, 0.1) is 11.8 Å². The second-order valence-corrected chi connectivity index (χ2v) is 4.61. The molecule has 18 heavy (non-hydrogen) atoms. The van der Waals surface area contributed by atoms with Crippen molar-refractivity contribution in [2.75, 3.05) is 13.1 Å². The molecule has 1 unspecified atom stereocenters. The largest absolute Gasteiger partial charge is 1.00 e. The summed E-state index contributed by atoms with van der Waals surface area (Å²) in [4.78, 5) is 10.6. The van der Waals surface area contributed by atoms with Crippen LogP contribution in [0.1, 0.15) is 32.6 Å². The maximum atomic E-state index is 10.6. The number of carboxylic acid groups (broad SMARTS) is 1. The number of allylic oxidation sites excluding steroid dienone is 2. The molecule has 0 heterocycles. The fraction of sp³-hybridized carbons (Fsp3) is 0.643. The monoisotopic (exact) mass is 275 g/mol. The van der Waals surface area contributed by atoms with E-state index in [1.807, 2.05) is 12.2 Å². The normalized spacial score (nSPS) is 11.7. The van der Waals surface area contributed by atoms with E-state index < -0.39 is 5.97 Å². The van der Waals surface area contributed by atoms with Gasteiger partial charge in [-0.2, -0.15) is 0 Å². The van der Waals surface area contributed by atoms with Gasteiger partial charge < -0.3 is 22.8 Å². The molecule has 3 N–H and O–H groups in total. The van der Waals surface area contributed by atoms with Gasteiger partial charge in [0.25, 0.3) is 0 Å². The molecular formula is C14H26ClNO2. The molecule has 0 aliphatic heterocycles. The quantitative estimate of drug-likeness (QED) is 0.369. The Hall–Kier alpha value is -0.800. The Kier molecular flexibility index (Phi) is 13.7. The first-order valence-corrected chi connectivity index (χ1v) is 6.38. The number of rotatable bonds is 11. The Bertz CT molecular complexity index is 234. The molecule has 0 radical (unpaired) electrons. The highest BCUT2D eigenvalue weighted by Crippen LogP contribution is 2.15. The van der Waals surface area contributed by atoms with Crippen molar-refractivity contribution in [3.05, 3.63) is 25.3 Å². The maximum Gasteiger partial charge on any atom is 0.311 e. The molecule has 0 aromatic rings. The summed E-state index contributed by atoms with van der Waals surface area (Å²) in [6, 6.07) is 0. The van der Waals surface area contributed by atoms with E-state index in [0.717, 1.165) is 32.2 Å². The van der Waals surface area contributed by atoms with E-state index >= 15 is 0 Å². The predicted molar refractivity (Wildman–Crippen MR) is 70.8 cm³/mol. The first-order chi connectivity index (χ1) is 8.11. The van der Waals surface area contributed by atoms with Crippen LogP contribution in [0.25, 0.3) is 0 Å². The number of carbonyl (C=O) groups is 1. The van der Waals surface area contributed by atoms with Gasteiger partial charge >= 0.3 is 5.97 Å². The lowest BCUT2D eigenvalue weighted by atomic mass is 9.96. The number of hydrogen-bond acceptors (Lipinski definition) is 1. The molecule has 0 saturated heterocycles. The summed E-state index contributed by atoms with van der Waals surface area (Å²) in [6.07, 6.45) is 8.29. The minimum absolute atomic E-state index is 0. The highest BCUT2D eigenvalue weighted by Gasteiger charge is 2.12. The third kappa shape index (κ3) is 10.4. The van der Waals surface area contributed by atoms with Crippen LogP contribution in [-0.4, -0.2) is 24.2 Å². The molecule has 3 nitrogen and oxygen atoms in total. The Morgan fingerprint density at radius 1 is 1.33 bits per heavy atom. The van der Waals surface area contributed by atoms with Crippen LogP contribution >= 0.6 is 0 Å². The Morgan fingerprint density at radius 3 is 2.33 bits per heavy atom. The topological polar surface area (TPSA) is 53.9 Å². The predicted octanol–water partition coefficient (Wildman–Crippen LogP) is -1.18. The lowest BCUT2D eigenvalue weighted by molar-refractivity contribution is -0.658. The van der Waals surface area contributed by atoms with Crippen LogP contribution in [0.4, 0.5) is 0 Å². The summed E-state index contributed by atoms with van der Waals surface area (Å²) in [5.41, 5.74) is 0. The highest BCUT2D eigenvalue weighted by atomic mass is 35.5. The number of nitrogens with two attached hydrogens (primary N) is 1. The highest BCUT2D eigenvalue weighted by molar-refractivity contribution is 5.69. The van der Waals surface area contributed by atoms with Gasteiger partial charge in [0.1, 0.15) is 5.92 Å². The smallest absolute Gasteiger partial charge is 0.311 e. The van der Waals surface area contributed by atoms with Gasteiger partial charge in [-0.05, 0) is 38.5 Å². The molecule has 0 aliphatic rings. The minimum atomic E-state index is -0.711. The fourth-order valence-electron chi connectivity index (χ4n) is 1.82. The SMILES string of the molecule is C=CCC(CC=C)CCC[NH2+]CC(C)C(=O)O.[Cl-]. The third-order valence-electron chi connectivity index (χ3n) is 2.96. The summed E-state index contributed by atoms with van der Waals surface area (Å²) >= 11 is 0. The molecule has 0 saturated carbocycles. The van der Waals surface area contributed by atoms with Crippen molar-refractivity contribution in [2.45, 2.75) is 32.6 Å². The van der Waals surface area contributed by atoms with Gasteiger partial charge in [0, 0.05) is 0 Å². The first-order valence-electron chi connectivity index (χ1n) is 6.38. The third-order valence-corrected chi connectivity index (χ3v) is 2.96. The number of carboxylic acids is 1. The molecule has 0 bridgehead atoms. The van der Waals surface area contributed by atoms with Gasteiger partial charge in [-0.3, -0.25) is 4.79 Å². The van der Waals surface area contributed by atoms with Gasteiger partial charge in [0.05, 0.1) is 13.1 Å². The van der Waals surface area contributed by atoms with Crippen LogP contribution in [0.3, 0.4) is 0 Å². The fourth-order valence-corrected chi connectivity index (χ4v) is 1.82. The maximum absolute atomic E-state index is 10.6. The number of aliphatic carboxylic acids is 1. The van der Waals surface area contributed by atoms with Crippen LogP contribution in [0.2, 0.25) is 0 Å². The Balaban J connectivity index is 0. The van der Waals surface area contributed by atoms with Crippen molar-refractivity contribution in [3.63, 3.8) is 0 Å². The van der Waals surface area contributed by atoms with E-state index in [9.17, 15) is 4.79 Å². The van der Waals surface area contributed by atoms with E-state index in [2.05, 4.69) is 18.5 Å². The van der Waals surface area contributed by atoms with Crippen LogP contribution in [0.15, 0.2) is 25.3 Å². The molecular weight excluding hydrogens is 250 g/mol. The Labute approximate surface area is 117 Å². The van der Waals surface area contributed by atoms with Crippen LogP contribution in [-0.2, 0) is 4.79 Å². The van der Waals surface area contributed by atoms with E-state index in [1.165, 1.54) is 0 Å². The molecule has 0 aromatic heterocycles. The number of hydrogen-bond donors (Lipinski definition) is 2. The molecule has 0 aromatic carbocycles. The zero-order chi connectivity index (χ0) is 13.1. The molecule has 0 rings (SSSR count). The molecule has 106 valence electrons. The minimum Gasteiger partial charge on any atom is -1.00 e. The van der Waals surface area contributed by atoms with Crippen molar-refractivity contribution in [1.29, 1.82) is 0 Å². The van der Waals surface area contributed by atoms with Gasteiger partial charge in [0.2, 0.25) is 0 Å². The van der Waals surface area contributed by atoms with Crippen molar-refractivity contribution in [3.8, 4) is 0 Å². The first kappa shape index (κ1) is 19.5. The number of quaternary nitrogens is 1. The van der Waals surface area contributed by atoms with Gasteiger partial charge in [0.15, 0.2) is 0 Å². The van der Waals surface area contributed by atoms with E-state index in [0.29, 0.717) is 12.5 Å². The lowest BCUT2D eigenvalue weighted by Gasteiger charge is -2.12. The van der Waals surface area contributed by atoms with Crippen molar-refractivity contribution in [2.24, 2.45) is 11.8 Å². The lowest BCUT2D eigenvalue weighted by Crippen LogP contribution is -3.00. The molecule has 4 heteroatoms. The molecule has 0 amide bonds. The number of halogens is 1. The zero-order valence-corrected chi connectivity index (χ0v) is 12.0. The second-order valence-electron chi connectivity index (χ2n) is 4.61. The van der Waals surface area contributed by atoms with E-state index in [-0.39, 0.29) is 18.3 Å². The van der Waals surface area contributed by atoms with E-state index in [4.69, 9.17) is 5.11 Å². The molecule has 0 fully saturated rings. The van der Waals surface area contributed by atoms with E-state index in [1.54, 1.807) is 6.92 Å². The molecule has 0 aliphatic carbocycles. The van der Waals surface area contributed by atoms with Crippen LogP contribution in [0.5, 0.6) is 0 Å². The van der Waals surface area contributed by atoms with Gasteiger partial charge in [-0.1, -0.05) is 12.2 Å². The van der Waals surface area contributed by atoms with Crippen molar-refractivity contribution < 1.29 is 27.6 Å². The summed E-state index contributed by atoms with van der Waals surface area (Å²) in [5, 5.41) is 10.8. The summed E-state index contributed by atoms with van der Waals surface area (Å²) in [6.45, 7) is 10.9. The average Bonchev–Trinajstić information content (AvgIpc) is 2.28. The summed E-state index contributed by atoms with van der Waals surface area (Å²) in [7, 11) is 0. The summed E-state index contributed by atoms with van der Waals surface area (Å²) in [5.74, 6) is -0.320. The van der Waals surface area contributed by atoms with Crippen molar-refractivity contribution >= 4 is 5.97 Å². The van der Waals surface area contributed by atoms with Crippen LogP contribution < -0.4 is 17.7 Å². The van der Waals surface area contributed by atoms with Crippen molar-refractivity contribution in [1.82, 2.24) is 0 Å². The summed E-state index contributed by atoms with van der Waals surface area (Å²) < 4.78 is 0. The zero-order valence-electron chi connectivity index (χ0n) is 11.3. The second kappa shape index (κ2) is 12.7.